The summed E-state index contributed by atoms with van der Waals surface area (Å²) in [5.41, 5.74) is 3.04. The third kappa shape index (κ3) is 4.57. The molecule has 1 N–H and O–H groups in total. The summed E-state index contributed by atoms with van der Waals surface area (Å²) in [6.07, 6.45) is 3.18. The Morgan fingerprint density at radius 1 is 1.16 bits per heavy atom. The lowest BCUT2D eigenvalue weighted by molar-refractivity contribution is -0.112. The molecule has 8 heteroatoms. The Bertz CT molecular complexity index is 1330. The molecule has 2 aromatic carbocycles. The molecule has 152 valence electrons. The van der Waals surface area contributed by atoms with Gasteiger partial charge in [-0.2, -0.15) is 5.26 Å². The van der Waals surface area contributed by atoms with Gasteiger partial charge in [0.25, 0.3) is 5.91 Å². The van der Waals surface area contributed by atoms with Crippen LogP contribution in [0.1, 0.15) is 11.3 Å². The third-order valence-corrected chi connectivity index (χ3v) is 5.32. The number of anilines is 1. The van der Waals surface area contributed by atoms with Crippen molar-refractivity contribution in [3.63, 3.8) is 0 Å². The molecule has 31 heavy (non-hydrogen) atoms. The monoisotopic (exact) mass is 429 g/mol. The molecule has 2 aromatic heterocycles. The average molecular weight is 429 g/mol. The van der Waals surface area contributed by atoms with Crippen LogP contribution >= 0.6 is 11.3 Å². The molecule has 6 nitrogen and oxygen atoms in total. The molecule has 0 spiro atoms. The van der Waals surface area contributed by atoms with Gasteiger partial charge in [-0.05, 0) is 49.4 Å². The largest absolute Gasteiger partial charge is 0.317 e. The van der Waals surface area contributed by atoms with E-state index in [4.69, 9.17) is 0 Å². The van der Waals surface area contributed by atoms with E-state index >= 15 is 0 Å². The Hall–Kier alpha value is -4.09. The minimum Gasteiger partial charge on any atom is -0.317 e. The maximum atomic E-state index is 13.6. The van der Waals surface area contributed by atoms with Crippen molar-refractivity contribution in [3.8, 4) is 22.3 Å². The van der Waals surface area contributed by atoms with Crippen LogP contribution in [0.4, 0.5) is 9.52 Å². The van der Waals surface area contributed by atoms with Crippen LogP contribution in [-0.4, -0.2) is 20.7 Å². The van der Waals surface area contributed by atoms with Gasteiger partial charge in [-0.15, -0.1) is 10.2 Å². The zero-order valence-electron chi connectivity index (χ0n) is 16.4. The number of amides is 1. The van der Waals surface area contributed by atoms with Gasteiger partial charge in [0.1, 0.15) is 22.5 Å². The highest BCUT2D eigenvalue weighted by Crippen LogP contribution is 2.27. The van der Waals surface area contributed by atoms with E-state index in [1.54, 1.807) is 35.0 Å². The molecular weight excluding hydrogens is 413 g/mol. The van der Waals surface area contributed by atoms with Crippen molar-refractivity contribution in [1.29, 1.82) is 5.26 Å². The Balaban J connectivity index is 1.56. The Labute approximate surface area is 181 Å². The molecular formula is C23H16FN5OS. The van der Waals surface area contributed by atoms with Crippen molar-refractivity contribution in [1.82, 2.24) is 14.8 Å². The molecule has 0 radical (unpaired) electrons. The Morgan fingerprint density at radius 3 is 2.77 bits per heavy atom. The number of benzene rings is 2. The van der Waals surface area contributed by atoms with Gasteiger partial charge < -0.3 is 4.57 Å². The number of aryl methyl sites for hydroxylation is 1. The highest BCUT2D eigenvalue weighted by molar-refractivity contribution is 7.18. The second kappa shape index (κ2) is 8.73. The lowest BCUT2D eigenvalue weighted by Crippen LogP contribution is -2.13. The highest BCUT2D eigenvalue weighted by atomic mass is 32.1. The molecule has 0 bridgehead atoms. The van der Waals surface area contributed by atoms with Crippen molar-refractivity contribution >= 4 is 28.5 Å². The third-order valence-electron chi connectivity index (χ3n) is 4.43. The van der Waals surface area contributed by atoms with E-state index in [2.05, 4.69) is 15.5 Å². The van der Waals surface area contributed by atoms with Crippen LogP contribution < -0.4 is 5.32 Å². The van der Waals surface area contributed by atoms with Gasteiger partial charge in [-0.25, -0.2) is 4.39 Å². The molecule has 1 amide bonds. The maximum Gasteiger partial charge on any atom is 0.268 e. The van der Waals surface area contributed by atoms with E-state index in [0.717, 1.165) is 11.1 Å². The van der Waals surface area contributed by atoms with Crippen LogP contribution in [0.15, 0.2) is 72.4 Å². The SMILES string of the molecule is Cc1cccc(-c2nnc(NC(=O)C(C#N)=Cc3cccn3-c3cccc(F)c3)s2)c1. The Morgan fingerprint density at radius 2 is 2.00 bits per heavy atom. The van der Waals surface area contributed by atoms with Crippen molar-refractivity contribution in [2.45, 2.75) is 6.92 Å². The van der Waals surface area contributed by atoms with Gasteiger partial charge in [0.05, 0.1) is 0 Å². The van der Waals surface area contributed by atoms with E-state index in [-0.39, 0.29) is 11.4 Å². The topological polar surface area (TPSA) is 83.6 Å². The van der Waals surface area contributed by atoms with E-state index in [9.17, 15) is 14.4 Å². The van der Waals surface area contributed by atoms with Gasteiger partial charge in [0.15, 0.2) is 0 Å². The normalized spacial score (nSPS) is 11.2. The van der Waals surface area contributed by atoms with Crippen molar-refractivity contribution in [3.05, 3.63) is 89.5 Å². The van der Waals surface area contributed by atoms with Gasteiger partial charge in [-0.1, -0.05) is 41.2 Å². The summed E-state index contributed by atoms with van der Waals surface area (Å²) in [5, 5.41) is 21.2. The molecule has 4 aromatic rings. The molecule has 0 fully saturated rings. The molecule has 4 rings (SSSR count). The number of hydrogen-bond donors (Lipinski definition) is 1. The van der Waals surface area contributed by atoms with Crippen molar-refractivity contribution in [2.24, 2.45) is 0 Å². The van der Waals surface area contributed by atoms with Crippen molar-refractivity contribution in [2.75, 3.05) is 5.32 Å². The van der Waals surface area contributed by atoms with Gasteiger partial charge in [0, 0.05) is 23.1 Å². The van der Waals surface area contributed by atoms with E-state index in [1.165, 1.54) is 29.5 Å². The van der Waals surface area contributed by atoms with Crippen LogP contribution in [0.2, 0.25) is 0 Å². The van der Waals surface area contributed by atoms with E-state index in [1.807, 2.05) is 37.3 Å². The molecule has 0 unspecified atom stereocenters. The van der Waals surface area contributed by atoms with Crippen molar-refractivity contribution < 1.29 is 9.18 Å². The fourth-order valence-corrected chi connectivity index (χ4v) is 3.74. The first-order valence-electron chi connectivity index (χ1n) is 9.30. The lowest BCUT2D eigenvalue weighted by Gasteiger charge is -2.07. The number of nitriles is 1. The Kier molecular flexibility index (Phi) is 5.69. The first kappa shape index (κ1) is 20.2. The number of nitrogens with one attached hydrogen (secondary N) is 1. The average Bonchev–Trinajstić information content (AvgIpc) is 3.41. The number of nitrogens with zero attached hydrogens (tertiary/aromatic N) is 4. The first-order chi connectivity index (χ1) is 15.0. The quantitative estimate of drug-likeness (QED) is 0.358. The van der Waals surface area contributed by atoms with Gasteiger partial charge in [-0.3, -0.25) is 10.1 Å². The van der Waals surface area contributed by atoms with Crippen LogP contribution in [0, 0.1) is 24.1 Å². The number of halogens is 1. The summed E-state index contributed by atoms with van der Waals surface area (Å²) in [4.78, 5) is 12.6. The fraction of sp³-hybridized carbons (Fsp3) is 0.0435. The predicted molar refractivity (Wildman–Crippen MR) is 118 cm³/mol. The number of hydrogen-bond acceptors (Lipinski definition) is 5. The number of carbonyl (C=O) groups excluding carboxylic acids is 1. The zero-order chi connectivity index (χ0) is 21.8. The smallest absolute Gasteiger partial charge is 0.268 e. The number of carbonyl (C=O) groups is 1. The molecule has 0 aliphatic rings. The summed E-state index contributed by atoms with van der Waals surface area (Å²) in [6, 6.07) is 19.3. The maximum absolute atomic E-state index is 13.6. The minimum absolute atomic E-state index is 0.108. The summed E-state index contributed by atoms with van der Waals surface area (Å²) >= 11 is 1.22. The van der Waals surface area contributed by atoms with Gasteiger partial charge in [0.2, 0.25) is 5.13 Å². The fourth-order valence-electron chi connectivity index (χ4n) is 3.00. The molecule has 0 saturated heterocycles. The van der Waals surface area contributed by atoms with Gasteiger partial charge >= 0.3 is 0 Å². The molecule has 0 aliphatic carbocycles. The summed E-state index contributed by atoms with van der Waals surface area (Å²) in [7, 11) is 0. The molecule has 0 saturated carbocycles. The van der Waals surface area contributed by atoms with E-state index in [0.29, 0.717) is 21.5 Å². The number of rotatable bonds is 5. The van der Waals surface area contributed by atoms with Crippen LogP contribution in [0.5, 0.6) is 0 Å². The van der Waals surface area contributed by atoms with Crippen LogP contribution in [0.3, 0.4) is 0 Å². The molecule has 2 heterocycles. The van der Waals surface area contributed by atoms with Crippen LogP contribution in [0.25, 0.3) is 22.3 Å². The molecule has 0 aliphatic heterocycles. The lowest BCUT2D eigenvalue weighted by atomic mass is 10.1. The first-order valence-corrected chi connectivity index (χ1v) is 10.1. The summed E-state index contributed by atoms with van der Waals surface area (Å²) in [5.74, 6) is -0.971. The highest BCUT2D eigenvalue weighted by Gasteiger charge is 2.15. The second-order valence-corrected chi connectivity index (χ2v) is 7.67. The standard InChI is InChI=1S/C23H16FN5OS/c1-15-5-2-6-16(11-15)22-27-28-23(31-22)26-21(30)17(14-25)12-19-9-4-10-29(19)20-8-3-7-18(24)13-20/h2-13H,1H3,(H,26,28,30). The number of aromatic nitrogens is 3. The second-order valence-electron chi connectivity index (χ2n) is 6.69. The van der Waals surface area contributed by atoms with Crippen LogP contribution in [-0.2, 0) is 4.79 Å². The predicted octanol–water partition coefficient (Wildman–Crippen LogP) is 4.99. The summed E-state index contributed by atoms with van der Waals surface area (Å²) < 4.78 is 15.3. The zero-order valence-corrected chi connectivity index (χ0v) is 17.2. The summed E-state index contributed by atoms with van der Waals surface area (Å²) in [6.45, 7) is 1.98. The molecule has 0 atom stereocenters. The van der Waals surface area contributed by atoms with E-state index < -0.39 is 5.91 Å². The minimum atomic E-state index is -0.596.